The van der Waals surface area contributed by atoms with Gasteiger partial charge in [0.1, 0.15) is 23.7 Å². The minimum absolute atomic E-state index is 0.267. The fourth-order valence-electron chi connectivity index (χ4n) is 3.66. The molecule has 3 aromatic carbocycles. The highest BCUT2D eigenvalue weighted by molar-refractivity contribution is 7.99. The number of thioether (sulfide) groups is 1. The van der Waals surface area contributed by atoms with E-state index in [9.17, 15) is 5.11 Å². The summed E-state index contributed by atoms with van der Waals surface area (Å²) < 4.78 is 18.6. The predicted molar refractivity (Wildman–Crippen MR) is 123 cm³/mol. The molecular formula is C26H28O4S. The molecule has 4 nitrogen and oxygen atoms in total. The second-order valence-corrected chi connectivity index (χ2v) is 8.83. The van der Waals surface area contributed by atoms with E-state index in [0.29, 0.717) is 13.2 Å². The lowest BCUT2D eigenvalue weighted by atomic mass is 10.00. The van der Waals surface area contributed by atoms with Crippen LogP contribution in [0.25, 0.3) is 0 Å². The molecule has 1 aliphatic heterocycles. The molecule has 0 radical (unpaired) electrons. The van der Waals surface area contributed by atoms with Crippen molar-refractivity contribution < 1.29 is 19.3 Å². The molecule has 0 aromatic heterocycles. The lowest BCUT2D eigenvalue weighted by Crippen LogP contribution is -2.57. The third kappa shape index (κ3) is 5.97. The molecule has 162 valence electrons. The van der Waals surface area contributed by atoms with Gasteiger partial charge in [-0.05, 0) is 30.2 Å². The summed E-state index contributed by atoms with van der Waals surface area (Å²) in [4.78, 5) is 1.07. The molecule has 1 heterocycles. The minimum atomic E-state index is -0.808. The van der Waals surface area contributed by atoms with E-state index in [0.717, 1.165) is 16.0 Å². The third-order valence-corrected chi connectivity index (χ3v) is 6.47. The number of rotatable bonds is 8. The van der Waals surface area contributed by atoms with Gasteiger partial charge in [0, 0.05) is 4.90 Å². The van der Waals surface area contributed by atoms with Crippen LogP contribution in [0.4, 0.5) is 0 Å². The molecule has 0 aliphatic carbocycles. The zero-order valence-electron chi connectivity index (χ0n) is 17.5. The van der Waals surface area contributed by atoms with Crippen LogP contribution < -0.4 is 0 Å². The lowest BCUT2D eigenvalue weighted by molar-refractivity contribution is -0.226. The monoisotopic (exact) mass is 436 g/mol. The Morgan fingerprint density at radius 3 is 1.77 bits per heavy atom. The Kier molecular flexibility index (Phi) is 7.78. The van der Waals surface area contributed by atoms with E-state index in [2.05, 4.69) is 0 Å². The average Bonchev–Trinajstić information content (AvgIpc) is 2.80. The summed E-state index contributed by atoms with van der Waals surface area (Å²) >= 11 is 1.57. The van der Waals surface area contributed by atoms with Crippen molar-refractivity contribution in [2.24, 2.45) is 0 Å². The van der Waals surface area contributed by atoms with Gasteiger partial charge in [-0.3, -0.25) is 0 Å². The normalized spacial score (nSPS) is 25.9. The van der Waals surface area contributed by atoms with Crippen molar-refractivity contribution in [2.45, 2.75) is 54.9 Å². The Hall–Kier alpha value is -2.15. The predicted octanol–water partition coefficient (Wildman–Crippen LogP) is 5.06. The first-order chi connectivity index (χ1) is 15.2. The van der Waals surface area contributed by atoms with Crippen LogP contribution in [0.2, 0.25) is 0 Å². The number of hydrogen-bond acceptors (Lipinski definition) is 5. The molecule has 0 spiro atoms. The molecule has 1 aliphatic rings. The van der Waals surface area contributed by atoms with E-state index >= 15 is 0 Å². The summed E-state index contributed by atoms with van der Waals surface area (Å²) in [5.74, 6) is 0. The van der Waals surface area contributed by atoms with Gasteiger partial charge in [-0.15, -0.1) is 0 Å². The summed E-state index contributed by atoms with van der Waals surface area (Å²) in [6.07, 6.45) is -2.08. The smallest absolute Gasteiger partial charge is 0.136 e. The van der Waals surface area contributed by atoms with Crippen LogP contribution in [0.5, 0.6) is 0 Å². The number of aliphatic hydroxyl groups is 1. The van der Waals surface area contributed by atoms with Crippen LogP contribution in [0.1, 0.15) is 18.1 Å². The highest BCUT2D eigenvalue weighted by Crippen LogP contribution is 2.36. The van der Waals surface area contributed by atoms with Gasteiger partial charge >= 0.3 is 0 Å². The molecule has 4 rings (SSSR count). The van der Waals surface area contributed by atoms with Crippen molar-refractivity contribution in [3.05, 3.63) is 102 Å². The second kappa shape index (κ2) is 10.9. The van der Waals surface area contributed by atoms with Crippen LogP contribution in [-0.2, 0) is 27.4 Å². The summed E-state index contributed by atoms with van der Waals surface area (Å²) in [6.45, 7) is 2.76. The number of ether oxygens (including phenoxy) is 3. The van der Waals surface area contributed by atoms with Gasteiger partial charge in [-0.25, -0.2) is 0 Å². The third-order valence-electron chi connectivity index (χ3n) is 5.32. The fraction of sp³-hybridized carbons (Fsp3) is 0.308. The molecule has 0 saturated carbocycles. The van der Waals surface area contributed by atoms with Gasteiger partial charge in [0.2, 0.25) is 0 Å². The second-order valence-electron chi connectivity index (χ2n) is 7.65. The summed E-state index contributed by atoms with van der Waals surface area (Å²) in [5, 5.41) is 11.3. The molecule has 2 unspecified atom stereocenters. The molecule has 3 aromatic rings. The van der Waals surface area contributed by atoms with Crippen LogP contribution in [0.3, 0.4) is 0 Å². The topological polar surface area (TPSA) is 47.9 Å². The molecule has 0 bridgehead atoms. The van der Waals surface area contributed by atoms with Crippen molar-refractivity contribution in [2.75, 3.05) is 0 Å². The Bertz CT molecular complexity index is 906. The summed E-state index contributed by atoms with van der Waals surface area (Å²) in [5.41, 5.74) is 1.77. The number of hydrogen-bond donors (Lipinski definition) is 1. The Balaban J connectivity index is 1.48. The average molecular weight is 437 g/mol. The van der Waals surface area contributed by atoms with Gasteiger partial charge in [0.05, 0.1) is 19.3 Å². The summed E-state index contributed by atoms with van der Waals surface area (Å²) in [7, 11) is 0. The molecule has 5 heteroatoms. The minimum Gasteiger partial charge on any atom is -0.387 e. The zero-order valence-corrected chi connectivity index (χ0v) is 18.4. The van der Waals surface area contributed by atoms with E-state index in [1.807, 2.05) is 97.9 Å². The van der Waals surface area contributed by atoms with Crippen molar-refractivity contribution >= 4 is 11.8 Å². The van der Waals surface area contributed by atoms with Crippen molar-refractivity contribution in [1.29, 1.82) is 0 Å². The first-order valence-electron chi connectivity index (χ1n) is 10.6. The van der Waals surface area contributed by atoms with E-state index in [-0.39, 0.29) is 11.5 Å². The SMILES string of the molecule is CC1O[C@@H](Sc2ccccc2)C(OCc2ccccc2)[C@H](O)[C@H]1OCc1ccccc1. The van der Waals surface area contributed by atoms with Gasteiger partial charge < -0.3 is 19.3 Å². The van der Waals surface area contributed by atoms with Gasteiger partial charge in [-0.2, -0.15) is 0 Å². The van der Waals surface area contributed by atoms with Crippen LogP contribution in [0, 0.1) is 0 Å². The molecule has 31 heavy (non-hydrogen) atoms. The van der Waals surface area contributed by atoms with Gasteiger partial charge in [-0.1, -0.05) is 90.6 Å². The first kappa shape index (κ1) is 22.1. The molecule has 1 N–H and O–H groups in total. The van der Waals surface area contributed by atoms with Crippen molar-refractivity contribution in [3.8, 4) is 0 Å². The van der Waals surface area contributed by atoms with Crippen molar-refractivity contribution in [3.63, 3.8) is 0 Å². The van der Waals surface area contributed by atoms with Crippen LogP contribution in [-0.4, -0.2) is 35.0 Å². The van der Waals surface area contributed by atoms with E-state index in [1.165, 1.54) is 0 Å². The van der Waals surface area contributed by atoms with Gasteiger partial charge in [0.15, 0.2) is 0 Å². The van der Waals surface area contributed by atoms with Crippen molar-refractivity contribution in [1.82, 2.24) is 0 Å². The van der Waals surface area contributed by atoms with Crippen LogP contribution in [0.15, 0.2) is 95.9 Å². The van der Waals surface area contributed by atoms with Gasteiger partial charge in [0.25, 0.3) is 0 Å². The van der Waals surface area contributed by atoms with E-state index in [1.54, 1.807) is 11.8 Å². The lowest BCUT2D eigenvalue weighted by Gasteiger charge is -2.43. The Morgan fingerprint density at radius 1 is 0.742 bits per heavy atom. The zero-order chi connectivity index (χ0) is 21.5. The highest BCUT2D eigenvalue weighted by atomic mass is 32.2. The first-order valence-corrected chi connectivity index (χ1v) is 11.4. The maximum atomic E-state index is 11.3. The number of aliphatic hydroxyl groups excluding tert-OH is 1. The molecule has 0 amide bonds. The number of benzene rings is 3. The maximum absolute atomic E-state index is 11.3. The maximum Gasteiger partial charge on any atom is 0.136 e. The summed E-state index contributed by atoms with van der Waals surface area (Å²) in [6, 6.07) is 30.0. The quantitative estimate of drug-likeness (QED) is 0.535. The standard InChI is InChI=1S/C26H28O4S/c1-19-24(28-17-20-11-5-2-6-12-20)23(27)25(29-18-21-13-7-3-8-14-21)26(30-19)31-22-15-9-4-10-16-22/h2-16,19,23-27H,17-18H2,1H3/t19?,23-,24+,25?,26+/m1/s1. The Morgan fingerprint density at radius 2 is 1.23 bits per heavy atom. The molecule has 5 atom stereocenters. The highest BCUT2D eigenvalue weighted by Gasteiger charge is 2.45. The van der Waals surface area contributed by atoms with E-state index in [4.69, 9.17) is 14.2 Å². The molecule has 1 fully saturated rings. The fourth-order valence-corrected chi connectivity index (χ4v) is 4.85. The van der Waals surface area contributed by atoms with E-state index < -0.39 is 18.3 Å². The Labute approximate surface area is 188 Å². The van der Waals surface area contributed by atoms with Crippen LogP contribution >= 0.6 is 11.8 Å². The molecular weight excluding hydrogens is 408 g/mol. The largest absolute Gasteiger partial charge is 0.387 e. The molecule has 1 saturated heterocycles.